The number of hydrogen-bond acceptors (Lipinski definition) is 3. The lowest BCUT2D eigenvalue weighted by Gasteiger charge is -2.18. The minimum absolute atomic E-state index is 0.0656. The Labute approximate surface area is 134 Å². The average molecular weight is 306 g/mol. The second-order valence-electron chi connectivity index (χ2n) is 6.01. The molecule has 1 aliphatic rings. The molecular formula is C19H18N2O2. The second kappa shape index (κ2) is 5.23. The van der Waals surface area contributed by atoms with Crippen molar-refractivity contribution in [2.45, 2.75) is 25.8 Å². The Bertz CT molecular complexity index is 938. The van der Waals surface area contributed by atoms with Gasteiger partial charge in [0.15, 0.2) is 5.43 Å². The highest BCUT2D eigenvalue weighted by Gasteiger charge is 2.29. The summed E-state index contributed by atoms with van der Waals surface area (Å²) in [5.41, 5.74) is 3.64. The molecule has 0 amide bonds. The van der Waals surface area contributed by atoms with Gasteiger partial charge in [-0.05, 0) is 61.7 Å². The van der Waals surface area contributed by atoms with Crippen molar-refractivity contribution >= 4 is 11.0 Å². The Morgan fingerprint density at radius 2 is 1.91 bits per heavy atom. The monoisotopic (exact) mass is 306 g/mol. The molecule has 0 spiro atoms. The van der Waals surface area contributed by atoms with Crippen LogP contribution in [0.25, 0.3) is 22.3 Å². The molecule has 1 fully saturated rings. The number of hydrogen-bond donors (Lipinski definition) is 0. The molecule has 2 heterocycles. The third-order valence-corrected chi connectivity index (χ3v) is 4.47. The quantitative estimate of drug-likeness (QED) is 0.741. The average Bonchev–Trinajstić information content (AvgIpc) is 3.43. The van der Waals surface area contributed by atoms with E-state index in [0.29, 0.717) is 11.4 Å². The van der Waals surface area contributed by atoms with Crippen molar-refractivity contribution in [3.63, 3.8) is 0 Å². The summed E-state index contributed by atoms with van der Waals surface area (Å²) in [5, 5.41) is 0.703. The van der Waals surface area contributed by atoms with Crippen LogP contribution in [-0.4, -0.2) is 16.7 Å². The largest absolute Gasteiger partial charge is 0.497 e. The van der Waals surface area contributed by atoms with E-state index in [1.165, 1.54) is 0 Å². The lowest BCUT2D eigenvalue weighted by molar-refractivity contribution is 0.415. The number of benzene rings is 1. The summed E-state index contributed by atoms with van der Waals surface area (Å²) in [6.07, 6.45) is 4.03. The number of fused-ring (bicyclic) bond motifs is 1. The van der Waals surface area contributed by atoms with Crippen LogP contribution >= 0.6 is 0 Å². The molecule has 4 heteroatoms. The van der Waals surface area contributed by atoms with Gasteiger partial charge in [0.25, 0.3) is 0 Å². The molecule has 116 valence electrons. The number of ether oxygens (including phenoxy) is 1. The molecule has 1 aromatic carbocycles. The van der Waals surface area contributed by atoms with Gasteiger partial charge < -0.3 is 9.30 Å². The first-order valence-corrected chi connectivity index (χ1v) is 7.85. The summed E-state index contributed by atoms with van der Waals surface area (Å²) in [4.78, 5) is 17.3. The lowest BCUT2D eigenvalue weighted by Crippen LogP contribution is -2.16. The van der Waals surface area contributed by atoms with Crippen molar-refractivity contribution in [3.8, 4) is 17.0 Å². The molecule has 0 aliphatic heterocycles. The highest BCUT2D eigenvalue weighted by Crippen LogP contribution is 2.41. The van der Waals surface area contributed by atoms with Crippen LogP contribution in [0.5, 0.6) is 5.75 Å². The smallest absolute Gasteiger partial charge is 0.194 e. The maximum Gasteiger partial charge on any atom is 0.194 e. The van der Waals surface area contributed by atoms with Gasteiger partial charge in [0, 0.05) is 17.8 Å². The summed E-state index contributed by atoms with van der Waals surface area (Å²) < 4.78 is 7.48. The molecule has 23 heavy (non-hydrogen) atoms. The van der Waals surface area contributed by atoms with E-state index in [4.69, 9.17) is 4.74 Å². The third-order valence-electron chi connectivity index (χ3n) is 4.47. The maximum atomic E-state index is 12.8. The van der Waals surface area contributed by atoms with Crippen molar-refractivity contribution in [1.82, 2.24) is 9.55 Å². The van der Waals surface area contributed by atoms with E-state index >= 15 is 0 Å². The van der Waals surface area contributed by atoms with Gasteiger partial charge in [0.2, 0.25) is 0 Å². The van der Waals surface area contributed by atoms with E-state index in [1.807, 2.05) is 43.3 Å². The normalized spacial score (nSPS) is 14.2. The van der Waals surface area contributed by atoms with Gasteiger partial charge in [0.05, 0.1) is 18.2 Å². The number of aromatic nitrogens is 2. The van der Waals surface area contributed by atoms with E-state index in [-0.39, 0.29) is 5.43 Å². The minimum Gasteiger partial charge on any atom is -0.497 e. The summed E-state index contributed by atoms with van der Waals surface area (Å²) in [5.74, 6) is 0.811. The zero-order valence-corrected chi connectivity index (χ0v) is 13.2. The van der Waals surface area contributed by atoms with Crippen LogP contribution in [0.1, 0.15) is 24.4 Å². The van der Waals surface area contributed by atoms with Gasteiger partial charge >= 0.3 is 0 Å². The molecule has 1 aliphatic carbocycles. The predicted molar refractivity (Wildman–Crippen MR) is 91.0 cm³/mol. The minimum atomic E-state index is 0.0656. The Morgan fingerprint density at radius 1 is 1.17 bits per heavy atom. The lowest BCUT2D eigenvalue weighted by atomic mass is 10.0. The van der Waals surface area contributed by atoms with Crippen molar-refractivity contribution in [3.05, 3.63) is 58.4 Å². The van der Waals surface area contributed by atoms with Gasteiger partial charge in [-0.1, -0.05) is 0 Å². The molecular weight excluding hydrogens is 288 g/mol. The van der Waals surface area contributed by atoms with Crippen LogP contribution < -0.4 is 10.2 Å². The molecule has 0 atom stereocenters. The van der Waals surface area contributed by atoms with E-state index < -0.39 is 0 Å². The van der Waals surface area contributed by atoms with Crippen LogP contribution in [0.15, 0.2) is 47.4 Å². The van der Waals surface area contributed by atoms with Gasteiger partial charge in [-0.3, -0.25) is 4.79 Å². The van der Waals surface area contributed by atoms with Gasteiger partial charge in [-0.25, -0.2) is 4.98 Å². The van der Waals surface area contributed by atoms with Crippen LogP contribution in [0.2, 0.25) is 0 Å². The Hall–Kier alpha value is -2.62. The first-order valence-electron chi connectivity index (χ1n) is 7.85. The number of pyridine rings is 2. The second-order valence-corrected chi connectivity index (χ2v) is 6.01. The van der Waals surface area contributed by atoms with Crippen molar-refractivity contribution in [1.29, 1.82) is 0 Å². The zero-order chi connectivity index (χ0) is 16.0. The van der Waals surface area contributed by atoms with E-state index in [0.717, 1.165) is 41.1 Å². The fourth-order valence-corrected chi connectivity index (χ4v) is 3.16. The highest BCUT2D eigenvalue weighted by atomic mass is 16.5. The Morgan fingerprint density at radius 3 is 2.57 bits per heavy atom. The SMILES string of the molecule is COc1ccc(-c2c(C)c(=O)c3cccnc3n2C2CC2)cc1. The van der Waals surface area contributed by atoms with Crippen LogP contribution in [0.4, 0.5) is 0 Å². The fourth-order valence-electron chi connectivity index (χ4n) is 3.16. The summed E-state index contributed by atoms with van der Waals surface area (Å²) in [7, 11) is 1.65. The first-order chi connectivity index (χ1) is 11.2. The highest BCUT2D eigenvalue weighted by molar-refractivity contribution is 5.81. The van der Waals surface area contributed by atoms with Crippen molar-refractivity contribution in [2.24, 2.45) is 0 Å². The first kappa shape index (κ1) is 14.0. The molecule has 0 radical (unpaired) electrons. The van der Waals surface area contributed by atoms with Crippen molar-refractivity contribution in [2.75, 3.05) is 7.11 Å². The molecule has 4 rings (SSSR count). The van der Waals surface area contributed by atoms with Crippen LogP contribution in [0.3, 0.4) is 0 Å². The molecule has 3 aromatic rings. The van der Waals surface area contributed by atoms with Crippen LogP contribution in [0, 0.1) is 6.92 Å². The summed E-state index contributed by atoms with van der Waals surface area (Å²) in [6.45, 7) is 1.91. The number of rotatable bonds is 3. The third kappa shape index (κ3) is 2.22. The van der Waals surface area contributed by atoms with E-state index in [9.17, 15) is 4.79 Å². The maximum absolute atomic E-state index is 12.8. The summed E-state index contributed by atoms with van der Waals surface area (Å²) >= 11 is 0. The van der Waals surface area contributed by atoms with E-state index in [2.05, 4.69) is 9.55 Å². The van der Waals surface area contributed by atoms with Crippen molar-refractivity contribution < 1.29 is 4.74 Å². The molecule has 2 aromatic heterocycles. The fraction of sp³-hybridized carbons (Fsp3) is 0.263. The standard InChI is InChI=1S/C19H18N2O2/c1-12-17(13-5-9-15(23-2)10-6-13)21(14-7-8-14)19-16(18(12)22)4-3-11-20-19/h3-6,9-11,14H,7-8H2,1-2H3. The molecule has 4 nitrogen and oxygen atoms in total. The topological polar surface area (TPSA) is 44.1 Å². The molecule has 0 bridgehead atoms. The van der Waals surface area contributed by atoms with Gasteiger partial charge in [0.1, 0.15) is 11.4 Å². The van der Waals surface area contributed by atoms with Gasteiger partial charge in [-0.2, -0.15) is 0 Å². The Kier molecular flexibility index (Phi) is 3.18. The molecule has 0 N–H and O–H groups in total. The van der Waals surface area contributed by atoms with E-state index in [1.54, 1.807) is 13.3 Å². The number of methoxy groups -OCH3 is 1. The Balaban J connectivity index is 2.06. The molecule has 0 saturated heterocycles. The zero-order valence-electron chi connectivity index (χ0n) is 13.2. The number of nitrogens with zero attached hydrogens (tertiary/aromatic N) is 2. The van der Waals surface area contributed by atoms with Crippen LogP contribution in [-0.2, 0) is 0 Å². The predicted octanol–water partition coefficient (Wildman–Crippen LogP) is 3.72. The molecule has 1 saturated carbocycles. The van der Waals surface area contributed by atoms with Gasteiger partial charge in [-0.15, -0.1) is 0 Å². The molecule has 0 unspecified atom stereocenters. The summed E-state index contributed by atoms with van der Waals surface area (Å²) in [6, 6.07) is 12.0.